The fourth-order valence-electron chi connectivity index (χ4n) is 1.73. The largest absolute Gasteiger partial charge is 0.465 e. The Kier molecular flexibility index (Phi) is 3.10. The van der Waals surface area contributed by atoms with Crippen molar-refractivity contribution in [3.8, 4) is 0 Å². The van der Waals surface area contributed by atoms with Crippen molar-refractivity contribution in [3.05, 3.63) is 35.8 Å². The average Bonchev–Trinajstić information content (AvgIpc) is 2.71. The number of aromatic amines is 1. The number of nitrogens with two attached hydrogens (primary N) is 1. The number of H-pyrrole nitrogens is 1. The Bertz CT molecular complexity index is 550. The van der Waals surface area contributed by atoms with E-state index in [2.05, 4.69) is 4.98 Å². The summed E-state index contributed by atoms with van der Waals surface area (Å²) in [5, 5.41) is 0.602. The number of aromatic nitrogens is 1. The number of carbonyl (C=O) groups excluding carboxylic acids is 1. The summed E-state index contributed by atoms with van der Waals surface area (Å²) in [6.07, 6.45) is 1.60. The van der Waals surface area contributed by atoms with Crippen LogP contribution in [0.5, 0.6) is 0 Å². The molecule has 0 radical (unpaired) electrons. The van der Waals surface area contributed by atoms with Crippen LogP contribution in [-0.4, -0.2) is 17.6 Å². The Morgan fingerprint density at radius 3 is 3.06 bits per heavy atom. The highest BCUT2D eigenvalue weighted by Gasteiger charge is 2.20. The predicted molar refractivity (Wildman–Crippen MR) is 61.8 cm³/mol. The number of ether oxygens (including phenoxy) is 1. The van der Waals surface area contributed by atoms with Gasteiger partial charge in [0.2, 0.25) is 0 Å². The Labute approximate surface area is 97.6 Å². The molecule has 0 aliphatic rings. The second-order valence-electron chi connectivity index (χ2n) is 3.66. The fraction of sp³-hybridized carbons (Fsp3) is 0.250. The molecule has 0 saturated carbocycles. The Morgan fingerprint density at radius 1 is 1.59 bits per heavy atom. The summed E-state index contributed by atoms with van der Waals surface area (Å²) in [6.45, 7) is 1.97. The van der Waals surface area contributed by atoms with Crippen LogP contribution in [0.2, 0.25) is 0 Å². The molecule has 3 N–H and O–H groups in total. The van der Waals surface area contributed by atoms with Gasteiger partial charge >= 0.3 is 5.97 Å². The molecular weight excluding hydrogens is 223 g/mol. The molecule has 17 heavy (non-hydrogen) atoms. The molecule has 0 bridgehead atoms. The van der Waals surface area contributed by atoms with Crippen molar-refractivity contribution in [2.24, 2.45) is 5.73 Å². The topological polar surface area (TPSA) is 68.1 Å². The molecule has 4 nitrogen and oxygen atoms in total. The Balaban J connectivity index is 2.41. The van der Waals surface area contributed by atoms with Crippen LogP contribution < -0.4 is 5.73 Å². The smallest absolute Gasteiger partial charge is 0.327 e. The highest BCUT2D eigenvalue weighted by atomic mass is 19.1. The second kappa shape index (κ2) is 4.55. The van der Waals surface area contributed by atoms with Gasteiger partial charge in [-0.1, -0.05) is 0 Å². The number of nitrogens with one attached hydrogen (secondary N) is 1. The number of halogens is 1. The van der Waals surface area contributed by atoms with Crippen molar-refractivity contribution in [3.63, 3.8) is 0 Å². The van der Waals surface area contributed by atoms with E-state index in [1.807, 2.05) is 0 Å². The maximum absolute atomic E-state index is 13.1. The lowest BCUT2D eigenvalue weighted by atomic mass is 10.1. The zero-order chi connectivity index (χ0) is 12.4. The third-order valence-corrected chi connectivity index (χ3v) is 2.55. The van der Waals surface area contributed by atoms with Crippen LogP contribution in [0.25, 0.3) is 10.9 Å². The van der Waals surface area contributed by atoms with E-state index in [4.69, 9.17) is 10.5 Å². The molecule has 5 heteroatoms. The highest BCUT2D eigenvalue weighted by molar-refractivity contribution is 5.89. The quantitative estimate of drug-likeness (QED) is 0.799. The van der Waals surface area contributed by atoms with E-state index in [9.17, 15) is 9.18 Å². The first-order chi connectivity index (χ1) is 8.13. The molecule has 1 aromatic heterocycles. The van der Waals surface area contributed by atoms with E-state index >= 15 is 0 Å². The maximum Gasteiger partial charge on any atom is 0.327 e. The first-order valence-corrected chi connectivity index (χ1v) is 5.32. The predicted octanol–water partition coefficient (Wildman–Crippen LogP) is 1.87. The number of hydrogen-bond acceptors (Lipinski definition) is 3. The highest BCUT2D eigenvalue weighted by Crippen LogP contribution is 2.24. The number of hydrogen-bond donors (Lipinski definition) is 2. The summed E-state index contributed by atoms with van der Waals surface area (Å²) in [6, 6.07) is 3.40. The maximum atomic E-state index is 13.1. The van der Waals surface area contributed by atoms with Gasteiger partial charge in [-0.25, -0.2) is 9.18 Å². The van der Waals surface area contributed by atoms with Gasteiger partial charge in [-0.05, 0) is 25.1 Å². The van der Waals surface area contributed by atoms with E-state index < -0.39 is 12.0 Å². The number of fused-ring (bicyclic) bond motifs is 1. The van der Waals surface area contributed by atoms with Crippen molar-refractivity contribution >= 4 is 16.9 Å². The Hall–Kier alpha value is -1.88. The minimum Gasteiger partial charge on any atom is -0.465 e. The van der Waals surface area contributed by atoms with Crippen LogP contribution in [0.4, 0.5) is 4.39 Å². The normalized spacial score (nSPS) is 12.6. The average molecular weight is 236 g/mol. The summed E-state index contributed by atoms with van der Waals surface area (Å²) in [5.41, 5.74) is 7.05. The molecular formula is C12H13FN2O2. The summed E-state index contributed by atoms with van der Waals surface area (Å²) in [7, 11) is 0. The van der Waals surface area contributed by atoms with Gasteiger partial charge in [0.1, 0.15) is 11.9 Å². The molecule has 0 saturated heterocycles. The van der Waals surface area contributed by atoms with Crippen LogP contribution in [-0.2, 0) is 9.53 Å². The van der Waals surface area contributed by atoms with Crippen LogP contribution in [0.3, 0.4) is 0 Å². The zero-order valence-corrected chi connectivity index (χ0v) is 9.37. The third-order valence-electron chi connectivity index (χ3n) is 2.55. The van der Waals surface area contributed by atoms with E-state index in [0.717, 1.165) is 5.52 Å². The summed E-state index contributed by atoms with van der Waals surface area (Å²) >= 11 is 0. The van der Waals surface area contributed by atoms with Crippen molar-refractivity contribution in [2.45, 2.75) is 13.0 Å². The molecule has 1 heterocycles. The van der Waals surface area contributed by atoms with Gasteiger partial charge in [0.15, 0.2) is 0 Å². The van der Waals surface area contributed by atoms with E-state index in [0.29, 0.717) is 10.9 Å². The first-order valence-electron chi connectivity index (χ1n) is 5.32. The molecule has 0 fully saturated rings. The standard InChI is InChI=1S/C12H13FN2O2/c1-2-17-12(16)11(14)9-6-15-10-4-3-7(13)5-8(9)10/h3-6,11,15H,2,14H2,1H3. The van der Waals surface area contributed by atoms with Crippen LogP contribution in [0, 0.1) is 5.82 Å². The molecule has 0 amide bonds. The van der Waals surface area contributed by atoms with Crippen LogP contribution >= 0.6 is 0 Å². The van der Waals surface area contributed by atoms with Crippen molar-refractivity contribution in [1.82, 2.24) is 4.98 Å². The second-order valence-corrected chi connectivity index (χ2v) is 3.66. The molecule has 2 rings (SSSR count). The molecule has 1 aromatic carbocycles. The van der Waals surface area contributed by atoms with Gasteiger partial charge in [-0.15, -0.1) is 0 Å². The summed E-state index contributed by atoms with van der Waals surface area (Å²) in [4.78, 5) is 14.5. The molecule has 0 aliphatic carbocycles. The van der Waals surface area contributed by atoms with Gasteiger partial charge in [-0.3, -0.25) is 0 Å². The van der Waals surface area contributed by atoms with Crippen LogP contribution in [0.15, 0.2) is 24.4 Å². The molecule has 1 unspecified atom stereocenters. The molecule has 2 aromatic rings. The van der Waals surface area contributed by atoms with E-state index in [1.54, 1.807) is 19.2 Å². The molecule has 0 spiro atoms. The van der Waals surface area contributed by atoms with Gasteiger partial charge in [0.05, 0.1) is 6.61 Å². The lowest BCUT2D eigenvalue weighted by Crippen LogP contribution is -2.23. The summed E-state index contributed by atoms with van der Waals surface area (Å²) in [5.74, 6) is -0.882. The lowest BCUT2D eigenvalue weighted by molar-refractivity contribution is -0.144. The van der Waals surface area contributed by atoms with Gasteiger partial charge in [0.25, 0.3) is 0 Å². The molecule has 90 valence electrons. The third kappa shape index (κ3) is 2.14. The van der Waals surface area contributed by atoms with E-state index in [-0.39, 0.29) is 12.4 Å². The van der Waals surface area contributed by atoms with Crippen molar-refractivity contribution < 1.29 is 13.9 Å². The molecule has 1 atom stereocenters. The van der Waals surface area contributed by atoms with Crippen molar-refractivity contribution in [2.75, 3.05) is 6.61 Å². The van der Waals surface area contributed by atoms with E-state index in [1.165, 1.54) is 12.1 Å². The number of carbonyl (C=O) groups is 1. The Morgan fingerprint density at radius 2 is 2.35 bits per heavy atom. The monoisotopic (exact) mass is 236 g/mol. The summed E-state index contributed by atoms with van der Waals surface area (Å²) < 4.78 is 18.0. The van der Waals surface area contributed by atoms with Gasteiger partial charge in [0, 0.05) is 22.7 Å². The zero-order valence-electron chi connectivity index (χ0n) is 9.37. The van der Waals surface area contributed by atoms with Gasteiger partial charge < -0.3 is 15.5 Å². The SMILES string of the molecule is CCOC(=O)C(N)c1c[nH]c2ccc(F)cc12. The first kappa shape index (κ1) is 11.6. The van der Waals surface area contributed by atoms with Gasteiger partial charge in [-0.2, -0.15) is 0 Å². The fourth-order valence-corrected chi connectivity index (χ4v) is 1.73. The number of benzene rings is 1. The van der Waals surface area contributed by atoms with Crippen LogP contribution in [0.1, 0.15) is 18.5 Å². The number of rotatable bonds is 3. The lowest BCUT2D eigenvalue weighted by Gasteiger charge is -2.09. The molecule has 0 aliphatic heterocycles. The van der Waals surface area contributed by atoms with Crippen molar-refractivity contribution in [1.29, 1.82) is 0 Å². The number of esters is 1. The minimum absolute atomic E-state index is 0.267. The minimum atomic E-state index is -0.898.